The van der Waals surface area contributed by atoms with Crippen LogP contribution in [0, 0.1) is 0 Å². The summed E-state index contributed by atoms with van der Waals surface area (Å²) in [5, 5.41) is 3.14. The van der Waals surface area contributed by atoms with Crippen molar-refractivity contribution in [3.05, 3.63) is 33.4 Å². The molecule has 3 amide bonds. The lowest BCUT2D eigenvalue weighted by molar-refractivity contribution is -0.117. The fraction of sp³-hybridized carbons (Fsp3) is 0.375. The molecule has 0 saturated heterocycles. The van der Waals surface area contributed by atoms with Gasteiger partial charge in [-0.1, -0.05) is 17.8 Å². The fourth-order valence-electron chi connectivity index (χ4n) is 2.92. The lowest BCUT2D eigenvalue weighted by Crippen LogP contribution is -2.36. The number of aryl methyl sites for hydroxylation is 2. The first-order valence-electron chi connectivity index (χ1n) is 7.89. The van der Waals surface area contributed by atoms with Gasteiger partial charge in [-0.3, -0.25) is 19.5 Å². The van der Waals surface area contributed by atoms with Crippen LogP contribution in [0.25, 0.3) is 10.2 Å². The normalized spacial score (nSPS) is 13.4. The van der Waals surface area contributed by atoms with E-state index in [4.69, 9.17) is 5.73 Å². The van der Waals surface area contributed by atoms with Gasteiger partial charge in [-0.25, -0.2) is 9.78 Å². The first-order chi connectivity index (χ1) is 12.0. The van der Waals surface area contributed by atoms with Crippen molar-refractivity contribution in [2.75, 3.05) is 5.75 Å². The third-order valence-electron chi connectivity index (χ3n) is 3.95. The van der Waals surface area contributed by atoms with Gasteiger partial charge in [0.15, 0.2) is 5.16 Å². The number of allylic oxidation sites excluding steroid dienone is 1. The molecule has 0 bridgehead atoms. The van der Waals surface area contributed by atoms with Gasteiger partial charge in [0.25, 0.3) is 5.56 Å². The van der Waals surface area contributed by atoms with Crippen LogP contribution in [0.5, 0.6) is 0 Å². The highest BCUT2D eigenvalue weighted by atomic mass is 32.2. The van der Waals surface area contributed by atoms with E-state index in [9.17, 15) is 14.4 Å². The van der Waals surface area contributed by atoms with E-state index in [-0.39, 0.29) is 11.3 Å². The van der Waals surface area contributed by atoms with Crippen molar-refractivity contribution in [3.8, 4) is 0 Å². The summed E-state index contributed by atoms with van der Waals surface area (Å²) in [7, 11) is 0. The molecule has 0 atom stereocenters. The fourth-order valence-corrected chi connectivity index (χ4v) is 5.03. The highest BCUT2D eigenvalue weighted by molar-refractivity contribution is 7.99. The van der Waals surface area contributed by atoms with Crippen molar-refractivity contribution in [1.82, 2.24) is 14.9 Å². The summed E-state index contributed by atoms with van der Waals surface area (Å²) in [6, 6.07) is -0.900. The van der Waals surface area contributed by atoms with Crippen LogP contribution in [-0.4, -0.2) is 27.2 Å². The standard InChI is InChI=1S/C16H18N4O3S2/c1-2-7-20-14(22)12-9-5-3-4-6-10(9)25-13(12)19-16(20)24-8-11(21)18-15(17)23/h2H,1,3-8H2,(H3,17,18,21,23). The Hall–Kier alpha value is -2.13. The van der Waals surface area contributed by atoms with E-state index in [0.29, 0.717) is 17.1 Å². The Morgan fingerprint density at radius 2 is 2.16 bits per heavy atom. The number of thiophene rings is 1. The molecule has 7 nitrogen and oxygen atoms in total. The number of thioether (sulfide) groups is 1. The van der Waals surface area contributed by atoms with E-state index in [2.05, 4.69) is 11.6 Å². The monoisotopic (exact) mass is 378 g/mol. The zero-order valence-electron chi connectivity index (χ0n) is 13.5. The molecular formula is C16H18N4O3S2. The third-order valence-corrected chi connectivity index (χ3v) is 6.11. The molecule has 1 aliphatic rings. The van der Waals surface area contributed by atoms with E-state index in [1.165, 1.54) is 9.44 Å². The number of imide groups is 1. The number of fused-ring (bicyclic) bond motifs is 3. The maximum absolute atomic E-state index is 13.0. The maximum Gasteiger partial charge on any atom is 0.318 e. The number of aromatic nitrogens is 2. The first kappa shape index (κ1) is 17.7. The Balaban J connectivity index is 2.01. The number of hydrogen-bond acceptors (Lipinski definition) is 6. The summed E-state index contributed by atoms with van der Waals surface area (Å²) < 4.78 is 1.53. The van der Waals surface area contributed by atoms with Gasteiger partial charge in [-0.05, 0) is 31.2 Å². The summed E-state index contributed by atoms with van der Waals surface area (Å²) in [6.45, 7) is 4.01. The lowest BCUT2D eigenvalue weighted by atomic mass is 9.97. The number of nitrogens with one attached hydrogen (secondary N) is 1. The van der Waals surface area contributed by atoms with Gasteiger partial charge in [0.2, 0.25) is 5.91 Å². The maximum atomic E-state index is 13.0. The second-order valence-electron chi connectivity index (χ2n) is 5.69. The highest BCUT2D eigenvalue weighted by Crippen LogP contribution is 2.34. The van der Waals surface area contributed by atoms with Gasteiger partial charge in [0, 0.05) is 11.4 Å². The van der Waals surface area contributed by atoms with Crippen LogP contribution >= 0.6 is 23.1 Å². The summed E-state index contributed by atoms with van der Waals surface area (Å²) in [5.74, 6) is -0.578. The van der Waals surface area contributed by atoms with Crippen LogP contribution in [0.1, 0.15) is 23.3 Å². The Kier molecular flexibility index (Phi) is 5.24. The molecule has 2 heterocycles. The van der Waals surface area contributed by atoms with Crippen molar-refractivity contribution < 1.29 is 9.59 Å². The van der Waals surface area contributed by atoms with Gasteiger partial charge in [-0.15, -0.1) is 17.9 Å². The van der Waals surface area contributed by atoms with Crippen LogP contribution in [0.15, 0.2) is 22.6 Å². The van der Waals surface area contributed by atoms with Gasteiger partial charge >= 0.3 is 6.03 Å². The molecule has 3 N–H and O–H groups in total. The van der Waals surface area contributed by atoms with Crippen LogP contribution in [0.4, 0.5) is 4.79 Å². The van der Waals surface area contributed by atoms with Crippen molar-refractivity contribution >= 4 is 45.3 Å². The number of nitrogens with two attached hydrogens (primary N) is 1. The number of carbonyl (C=O) groups is 2. The van der Waals surface area contributed by atoms with E-state index in [0.717, 1.165) is 47.8 Å². The number of carbonyl (C=O) groups excluding carboxylic acids is 2. The molecular weight excluding hydrogens is 360 g/mol. The van der Waals surface area contributed by atoms with Crippen molar-refractivity contribution in [2.24, 2.45) is 5.73 Å². The average Bonchev–Trinajstić information content (AvgIpc) is 2.93. The van der Waals surface area contributed by atoms with Crippen LogP contribution < -0.4 is 16.6 Å². The number of primary amides is 1. The van der Waals surface area contributed by atoms with Crippen molar-refractivity contribution in [2.45, 2.75) is 37.4 Å². The van der Waals surface area contributed by atoms with E-state index in [1.54, 1.807) is 17.4 Å². The summed E-state index contributed by atoms with van der Waals surface area (Å²) in [4.78, 5) is 41.9. The Labute approximate surface area is 152 Å². The first-order valence-corrected chi connectivity index (χ1v) is 9.69. The highest BCUT2D eigenvalue weighted by Gasteiger charge is 2.22. The number of nitrogens with zero attached hydrogens (tertiary/aromatic N) is 2. The van der Waals surface area contributed by atoms with E-state index in [1.807, 2.05) is 5.32 Å². The second-order valence-corrected chi connectivity index (χ2v) is 7.72. The van der Waals surface area contributed by atoms with Crippen LogP contribution in [-0.2, 0) is 24.2 Å². The Morgan fingerprint density at radius 1 is 1.40 bits per heavy atom. The zero-order chi connectivity index (χ0) is 18.0. The minimum atomic E-state index is -0.900. The third kappa shape index (κ3) is 3.62. The summed E-state index contributed by atoms with van der Waals surface area (Å²) >= 11 is 2.66. The van der Waals surface area contributed by atoms with Crippen LogP contribution in [0.3, 0.4) is 0 Å². The van der Waals surface area contributed by atoms with Crippen molar-refractivity contribution in [3.63, 3.8) is 0 Å². The number of urea groups is 1. The number of hydrogen-bond donors (Lipinski definition) is 2. The quantitative estimate of drug-likeness (QED) is 0.469. The molecule has 1 aliphatic carbocycles. The van der Waals surface area contributed by atoms with E-state index >= 15 is 0 Å². The van der Waals surface area contributed by atoms with Gasteiger partial charge in [-0.2, -0.15) is 0 Å². The molecule has 0 fully saturated rings. The predicted octanol–water partition coefficient (Wildman–Crippen LogP) is 1.81. The SMILES string of the molecule is C=CCn1c(SCC(=O)NC(N)=O)nc2sc3c(c2c1=O)CCCC3. The topological polar surface area (TPSA) is 107 Å². The molecule has 0 aromatic carbocycles. The minimum absolute atomic E-state index is 0.0525. The molecule has 132 valence electrons. The zero-order valence-corrected chi connectivity index (χ0v) is 15.2. The second kappa shape index (κ2) is 7.40. The Bertz CT molecular complexity index is 916. The van der Waals surface area contributed by atoms with Gasteiger partial charge < -0.3 is 5.73 Å². The molecule has 0 radical (unpaired) electrons. The van der Waals surface area contributed by atoms with Crippen molar-refractivity contribution in [1.29, 1.82) is 0 Å². The van der Waals surface area contributed by atoms with E-state index < -0.39 is 11.9 Å². The van der Waals surface area contributed by atoms with Gasteiger partial charge in [0.05, 0.1) is 11.1 Å². The lowest BCUT2D eigenvalue weighted by Gasteiger charge is -2.12. The molecule has 3 rings (SSSR count). The summed E-state index contributed by atoms with van der Waals surface area (Å²) in [6.07, 6.45) is 5.74. The molecule has 0 spiro atoms. The molecule has 0 saturated carbocycles. The molecule has 25 heavy (non-hydrogen) atoms. The largest absolute Gasteiger partial charge is 0.351 e. The molecule has 9 heteroatoms. The smallest absolute Gasteiger partial charge is 0.318 e. The number of amides is 3. The average molecular weight is 378 g/mol. The van der Waals surface area contributed by atoms with Gasteiger partial charge in [0.1, 0.15) is 4.83 Å². The molecule has 0 unspecified atom stereocenters. The molecule has 2 aromatic rings. The Morgan fingerprint density at radius 3 is 2.88 bits per heavy atom. The molecule has 0 aliphatic heterocycles. The molecule has 2 aromatic heterocycles. The minimum Gasteiger partial charge on any atom is -0.351 e. The summed E-state index contributed by atoms with van der Waals surface area (Å²) in [5.41, 5.74) is 5.97. The van der Waals surface area contributed by atoms with Crippen LogP contribution in [0.2, 0.25) is 0 Å². The predicted molar refractivity (Wildman–Crippen MR) is 99.2 cm³/mol. The number of rotatable bonds is 5.